The van der Waals surface area contributed by atoms with E-state index in [0.717, 1.165) is 39.1 Å². The van der Waals surface area contributed by atoms with E-state index in [0.29, 0.717) is 12.2 Å². The van der Waals surface area contributed by atoms with Crippen molar-refractivity contribution in [2.24, 2.45) is 0 Å². The highest BCUT2D eigenvalue weighted by Gasteiger charge is 2.30. The molecule has 0 aromatic heterocycles. The molecule has 4 rings (SSSR count). The summed E-state index contributed by atoms with van der Waals surface area (Å²) in [5, 5.41) is 3.04. The normalized spacial score (nSPS) is 22.6. The third-order valence-electron chi connectivity index (χ3n) is 5.71. The van der Waals surface area contributed by atoms with Gasteiger partial charge in [-0.05, 0) is 24.1 Å². The Bertz CT molecular complexity index is 810. The Labute approximate surface area is 171 Å². The van der Waals surface area contributed by atoms with E-state index < -0.39 is 0 Å². The van der Waals surface area contributed by atoms with Gasteiger partial charge in [-0.1, -0.05) is 42.5 Å². The van der Waals surface area contributed by atoms with Crippen molar-refractivity contribution < 1.29 is 9.18 Å². The second kappa shape index (κ2) is 9.35. The summed E-state index contributed by atoms with van der Waals surface area (Å²) in [6.45, 7) is 4.74. The Morgan fingerprint density at radius 3 is 2.48 bits per heavy atom. The number of para-hydroxylation sites is 1. The van der Waals surface area contributed by atoms with E-state index in [1.165, 1.54) is 11.6 Å². The zero-order valence-electron chi connectivity index (χ0n) is 16.5. The van der Waals surface area contributed by atoms with Crippen LogP contribution in [-0.2, 0) is 4.79 Å². The average Bonchev–Trinajstić information content (AvgIpc) is 3.26. The Morgan fingerprint density at radius 2 is 1.72 bits per heavy atom. The fourth-order valence-corrected chi connectivity index (χ4v) is 4.01. The first-order chi connectivity index (χ1) is 14.2. The number of nitrogens with zero attached hydrogens (tertiary/aromatic N) is 2. The van der Waals surface area contributed by atoms with Crippen LogP contribution >= 0.6 is 0 Å². The second-order valence-corrected chi connectivity index (χ2v) is 7.61. The molecule has 2 saturated heterocycles. The fourth-order valence-electron chi connectivity index (χ4n) is 4.01. The van der Waals surface area contributed by atoms with E-state index in [4.69, 9.17) is 0 Å². The fraction of sp³-hybridized carbons (Fsp3) is 0.409. The maximum atomic E-state index is 13.9. The summed E-state index contributed by atoms with van der Waals surface area (Å²) in [4.78, 5) is 16.9. The Morgan fingerprint density at radius 1 is 1.00 bits per heavy atom. The van der Waals surface area contributed by atoms with Crippen LogP contribution in [0.3, 0.4) is 0 Å². The van der Waals surface area contributed by atoms with Gasteiger partial charge in [0.25, 0.3) is 0 Å². The van der Waals surface area contributed by atoms with Crippen LogP contribution in [0.25, 0.3) is 0 Å². The van der Waals surface area contributed by atoms with Gasteiger partial charge >= 0.3 is 0 Å². The van der Waals surface area contributed by atoms with Crippen molar-refractivity contribution in [3.8, 4) is 0 Å². The number of nitrogens with one attached hydrogen (secondary N) is 3. The van der Waals surface area contributed by atoms with E-state index in [-0.39, 0.29) is 23.8 Å². The first-order valence-electron chi connectivity index (χ1n) is 10.3. The van der Waals surface area contributed by atoms with Crippen LogP contribution in [0.5, 0.6) is 0 Å². The van der Waals surface area contributed by atoms with Crippen molar-refractivity contribution in [1.82, 2.24) is 21.1 Å². The van der Waals surface area contributed by atoms with Gasteiger partial charge in [0.2, 0.25) is 5.91 Å². The number of rotatable bonds is 6. The maximum Gasteiger partial charge on any atom is 0.238 e. The van der Waals surface area contributed by atoms with Gasteiger partial charge in [-0.25, -0.2) is 15.2 Å². The van der Waals surface area contributed by atoms with Gasteiger partial charge in [0, 0.05) is 45.3 Å². The number of carbonyl (C=O) groups excluding carboxylic acids is 1. The molecule has 2 fully saturated rings. The summed E-state index contributed by atoms with van der Waals surface area (Å²) in [5.41, 5.74) is 8.17. The Hall–Kier alpha value is -2.48. The number of hydrogen-bond donors (Lipinski definition) is 3. The van der Waals surface area contributed by atoms with Gasteiger partial charge in [0.1, 0.15) is 11.9 Å². The molecule has 2 heterocycles. The molecule has 29 heavy (non-hydrogen) atoms. The largest absolute Gasteiger partial charge is 0.367 e. The summed E-state index contributed by atoms with van der Waals surface area (Å²) >= 11 is 0. The zero-order valence-corrected chi connectivity index (χ0v) is 16.5. The van der Waals surface area contributed by atoms with Gasteiger partial charge < -0.3 is 10.2 Å². The van der Waals surface area contributed by atoms with Crippen molar-refractivity contribution in [2.45, 2.75) is 18.5 Å². The van der Waals surface area contributed by atoms with Gasteiger partial charge in [-0.3, -0.25) is 9.69 Å². The predicted octanol–water partition coefficient (Wildman–Crippen LogP) is 1.67. The van der Waals surface area contributed by atoms with E-state index in [1.54, 1.807) is 6.07 Å². The smallest absolute Gasteiger partial charge is 0.238 e. The highest BCUT2D eigenvalue weighted by molar-refractivity contribution is 5.82. The van der Waals surface area contributed by atoms with Gasteiger partial charge in [0.15, 0.2) is 0 Å². The topological polar surface area (TPSA) is 59.6 Å². The molecule has 6 nitrogen and oxygen atoms in total. The van der Waals surface area contributed by atoms with E-state index in [2.05, 4.69) is 38.1 Å². The molecule has 2 atom stereocenters. The number of hydrazine groups is 1. The lowest BCUT2D eigenvalue weighted by Gasteiger charge is -2.36. The average molecular weight is 397 g/mol. The van der Waals surface area contributed by atoms with Crippen molar-refractivity contribution in [2.75, 3.05) is 44.2 Å². The molecule has 2 aliphatic heterocycles. The first-order valence-corrected chi connectivity index (χ1v) is 10.3. The molecule has 2 aromatic rings. The molecular weight excluding hydrogens is 369 g/mol. The lowest BCUT2D eigenvalue weighted by Crippen LogP contribution is -2.50. The minimum Gasteiger partial charge on any atom is -0.367 e. The number of hydrogen-bond acceptors (Lipinski definition) is 5. The molecule has 2 aliphatic rings. The van der Waals surface area contributed by atoms with Crippen LogP contribution in [0.1, 0.15) is 18.0 Å². The predicted molar refractivity (Wildman–Crippen MR) is 112 cm³/mol. The van der Waals surface area contributed by atoms with Crippen molar-refractivity contribution in [1.29, 1.82) is 0 Å². The number of piperazine rings is 1. The van der Waals surface area contributed by atoms with E-state index >= 15 is 0 Å². The molecule has 7 heteroatoms. The summed E-state index contributed by atoms with van der Waals surface area (Å²) in [6, 6.07) is 17.0. The SMILES string of the molecule is O=C(NCCN1CCN(c2ccccc2F)CC1)C1CC(c2ccccc2)NN1. The van der Waals surface area contributed by atoms with Crippen molar-refractivity contribution >= 4 is 11.6 Å². The molecule has 2 unspecified atom stereocenters. The number of benzene rings is 2. The molecule has 3 N–H and O–H groups in total. The van der Waals surface area contributed by atoms with Crippen LogP contribution in [-0.4, -0.2) is 56.1 Å². The quantitative estimate of drug-likeness (QED) is 0.692. The molecule has 0 spiro atoms. The van der Waals surface area contributed by atoms with Crippen LogP contribution in [0.15, 0.2) is 54.6 Å². The maximum absolute atomic E-state index is 13.9. The summed E-state index contributed by atoms with van der Waals surface area (Å²) in [5.74, 6) is -0.138. The molecule has 2 aromatic carbocycles. The second-order valence-electron chi connectivity index (χ2n) is 7.61. The standard InChI is InChI=1S/C22H28FN5O/c23-18-8-4-5-9-21(18)28-14-12-27(13-15-28)11-10-24-22(29)20-16-19(25-26-20)17-6-2-1-3-7-17/h1-9,19-20,25-26H,10-16H2,(H,24,29). The molecule has 0 bridgehead atoms. The summed E-state index contributed by atoms with van der Waals surface area (Å²) in [6.07, 6.45) is 0.733. The van der Waals surface area contributed by atoms with Crippen molar-refractivity contribution in [3.63, 3.8) is 0 Å². The highest BCUT2D eigenvalue weighted by Crippen LogP contribution is 2.22. The highest BCUT2D eigenvalue weighted by atomic mass is 19.1. The molecule has 1 amide bonds. The monoisotopic (exact) mass is 397 g/mol. The van der Waals surface area contributed by atoms with Crippen LogP contribution in [0.4, 0.5) is 10.1 Å². The minimum atomic E-state index is -0.224. The molecule has 0 saturated carbocycles. The number of carbonyl (C=O) groups is 1. The van der Waals surface area contributed by atoms with Crippen LogP contribution in [0, 0.1) is 5.82 Å². The first kappa shape index (κ1) is 19.8. The van der Waals surface area contributed by atoms with Crippen molar-refractivity contribution in [3.05, 3.63) is 66.0 Å². The van der Waals surface area contributed by atoms with E-state index in [9.17, 15) is 9.18 Å². The van der Waals surface area contributed by atoms with Gasteiger partial charge in [0.05, 0.1) is 5.69 Å². The zero-order chi connectivity index (χ0) is 20.1. The number of amides is 1. The molecule has 154 valence electrons. The van der Waals surface area contributed by atoms with Gasteiger partial charge in [-0.2, -0.15) is 0 Å². The Balaban J connectivity index is 1.17. The third-order valence-corrected chi connectivity index (χ3v) is 5.71. The minimum absolute atomic E-state index is 0.0286. The molecule has 0 aliphatic carbocycles. The molecule has 0 radical (unpaired) electrons. The summed E-state index contributed by atoms with van der Waals surface area (Å²) < 4.78 is 13.9. The lowest BCUT2D eigenvalue weighted by atomic mass is 10.0. The third kappa shape index (κ3) is 4.93. The number of anilines is 1. The lowest BCUT2D eigenvalue weighted by molar-refractivity contribution is -0.122. The van der Waals surface area contributed by atoms with E-state index in [1.807, 2.05) is 30.3 Å². The molecular formula is C22H28FN5O. The summed E-state index contributed by atoms with van der Waals surface area (Å²) in [7, 11) is 0. The Kier molecular flexibility index (Phi) is 6.39. The van der Waals surface area contributed by atoms with Gasteiger partial charge in [-0.15, -0.1) is 0 Å². The van der Waals surface area contributed by atoms with Crippen LogP contribution in [0.2, 0.25) is 0 Å². The van der Waals surface area contributed by atoms with Crippen LogP contribution < -0.4 is 21.1 Å². The number of halogens is 1.